The third kappa shape index (κ3) is 2.88. The second kappa shape index (κ2) is 5.04. The summed E-state index contributed by atoms with van der Waals surface area (Å²) >= 11 is 0. The highest BCUT2D eigenvalue weighted by Crippen LogP contribution is 2.09. The molecule has 0 spiro atoms. The van der Waals surface area contributed by atoms with Crippen LogP contribution in [0.3, 0.4) is 0 Å². The number of rotatable bonds is 4. The molecule has 0 saturated heterocycles. The smallest absolute Gasteiger partial charge is 0.248 e. The van der Waals surface area contributed by atoms with Crippen molar-refractivity contribution in [1.29, 1.82) is 0 Å². The molecule has 8 nitrogen and oxygen atoms in total. The summed E-state index contributed by atoms with van der Waals surface area (Å²) in [6, 6.07) is 6.25. The minimum atomic E-state index is -0.514. The van der Waals surface area contributed by atoms with Gasteiger partial charge >= 0.3 is 0 Å². The van der Waals surface area contributed by atoms with Crippen LogP contribution in [0.15, 0.2) is 24.3 Å². The molecule has 0 aliphatic heterocycles. The molecule has 18 heavy (non-hydrogen) atoms. The molecule has 0 aliphatic rings. The third-order valence-electron chi connectivity index (χ3n) is 2.16. The first kappa shape index (κ1) is 11.7. The summed E-state index contributed by atoms with van der Waals surface area (Å²) < 4.78 is 0. The van der Waals surface area contributed by atoms with Crippen molar-refractivity contribution in [2.75, 3.05) is 5.32 Å². The van der Waals surface area contributed by atoms with Gasteiger partial charge in [0.1, 0.15) is 0 Å². The zero-order chi connectivity index (χ0) is 13.0. The van der Waals surface area contributed by atoms with Gasteiger partial charge < -0.3 is 11.1 Å². The molecule has 1 aromatic heterocycles. The van der Waals surface area contributed by atoms with E-state index in [1.807, 2.05) is 0 Å². The average Bonchev–Trinajstić information content (AvgIpc) is 2.82. The molecule has 0 bridgehead atoms. The van der Waals surface area contributed by atoms with Gasteiger partial charge in [-0.3, -0.25) is 9.59 Å². The molecule has 4 N–H and O–H groups in total. The maximum absolute atomic E-state index is 11.6. The number of hydrogen-bond acceptors (Lipinski definition) is 5. The van der Waals surface area contributed by atoms with Gasteiger partial charge in [0.05, 0.1) is 6.42 Å². The van der Waals surface area contributed by atoms with Crippen molar-refractivity contribution in [2.24, 2.45) is 5.73 Å². The Kier molecular flexibility index (Phi) is 3.28. The number of benzene rings is 1. The molecule has 0 atom stereocenters. The van der Waals surface area contributed by atoms with Crippen LogP contribution < -0.4 is 11.1 Å². The first-order chi connectivity index (χ1) is 8.65. The summed E-state index contributed by atoms with van der Waals surface area (Å²) in [4.78, 5) is 22.4. The van der Waals surface area contributed by atoms with E-state index in [-0.39, 0.29) is 12.3 Å². The zero-order valence-electron chi connectivity index (χ0n) is 9.25. The molecule has 0 fully saturated rings. The normalized spacial score (nSPS) is 10.0. The summed E-state index contributed by atoms with van der Waals surface area (Å²) in [7, 11) is 0. The fourth-order valence-electron chi connectivity index (χ4n) is 1.32. The maximum atomic E-state index is 11.6. The van der Waals surface area contributed by atoms with Crippen molar-refractivity contribution in [3.63, 3.8) is 0 Å². The van der Waals surface area contributed by atoms with Crippen LogP contribution in [0, 0.1) is 0 Å². The highest BCUT2D eigenvalue weighted by Gasteiger charge is 2.08. The number of anilines is 1. The quantitative estimate of drug-likeness (QED) is 0.669. The molecular weight excluding hydrogens is 236 g/mol. The number of nitrogens with zero attached hydrogens (tertiary/aromatic N) is 3. The van der Waals surface area contributed by atoms with Crippen LogP contribution in [-0.4, -0.2) is 32.4 Å². The number of carbonyl (C=O) groups excluding carboxylic acids is 2. The van der Waals surface area contributed by atoms with Crippen LogP contribution in [0.2, 0.25) is 0 Å². The van der Waals surface area contributed by atoms with Crippen LogP contribution in [0.1, 0.15) is 16.2 Å². The molecule has 1 aromatic carbocycles. The molecular formula is C10H10N6O2. The van der Waals surface area contributed by atoms with E-state index in [2.05, 4.69) is 25.9 Å². The Morgan fingerprint density at radius 2 is 2.00 bits per heavy atom. The van der Waals surface area contributed by atoms with E-state index < -0.39 is 5.91 Å². The molecule has 0 unspecified atom stereocenters. The van der Waals surface area contributed by atoms with E-state index >= 15 is 0 Å². The SMILES string of the molecule is NC(=O)c1ccc(NC(=O)Cc2nn[nH]n2)cc1. The topological polar surface area (TPSA) is 127 Å². The minimum absolute atomic E-state index is 0.0219. The number of H-pyrrole nitrogens is 1. The number of hydrogen-bond donors (Lipinski definition) is 3. The number of tetrazole rings is 1. The van der Waals surface area contributed by atoms with Gasteiger partial charge in [-0.25, -0.2) is 0 Å². The van der Waals surface area contributed by atoms with Gasteiger partial charge in [0.25, 0.3) is 0 Å². The Morgan fingerprint density at radius 3 is 2.56 bits per heavy atom. The molecule has 2 aromatic rings. The van der Waals surface area contributed by atoms with Crippen molar-refractivity contribution in [1.82, 2.24) is 20.6 Å². The molecule has 2 amide bonds. The van der Waals surface area contributed by atoms with Crippen molar-refractivity contribution in [3.05, 3.63) is 35.7 Å². The first-order valence-corrected chi connectivity index (χ1v) is 5.07. The highest BCUT2D eigenvalue weighted by molar-refractivity contribution is 5.95. The summed E-state index contributed by atoms with van der Waals surface area (Å²) in [5, 5.41) is 15.6. The number of amides is 2. The van der Waals surface area contributed by atoms with Gasteiger partial charge in [0.2, 0.25) is 11.8 Å². The number of aromatic nitrogens is 4. The second-order valence-electron chi connectivity index (χ2n) is 3.49. The molecule has 0 aliphatic carbocycles. The summed E-state index contributed by atoms with van der Waals surface area (Å²) in [6.07, 6.45) is 0.0219. The fraction of sp³-hybridized carbons (Fsp3) is 0.100. The number of nitrogens with one attached hydrogen (secondary N) is 2. The van der Waals surface area contributed by atoms with Gasteiger partial charge in [0.15, 0.2) is 5.82 Å². The number of carbonyl (C=O) groups is 2. The minimum Gasteiger partial charge on any atom is -0.366 e. The first-order valence-electron chi connectivity index (χ1n) is 5.07. The third-order valence-corrected chi connectivity index (χ3v) is 2.16. The van der Waals surface area contributed by atoms with Crippen LogP contribution >= 0.6 is 0 Å². The Labute approximate surface area is 102 Å². The van der Waals surface area contributed by atoms with Crippen LogP contribution in [-0.2, 0) is 11.2 Å². The molecule has 2 rings (SSSR count). The standard InChI is InChI=1S/C10H10N6O2/c11-10(18)6-1-3-7(4-2-6)12-9(17)5-8-13-15-16-14-8/h1-4H,5H2,(H2,11,18)(H,12,17)(H,13,14,15,16). The van der Waals surface area contributed by atoms with Gasteiger partial charge in [-0.05, 0) is 24.3 Å². The molecule has 8 heteroatoms. The van der Waals surface area contributed by atoms with E-state index in [1.54, 1.807) is 12.1 Å². The number of nitrogens with two attached hydrogens (primary N) is 1. The van der Waals surface area contributed by atoms with Gasteiger partial charge in [-0.1, -0.05) is 5.21 Å². The molecule has 1 heterocycles. The van der Waals surface area contributed by atoms with E-state index in [1.165, 1.54) is 12.1 Å². The van der Waals surface area contributed by atoms with Gasteiger partial charge in [-0.2, -0.15) is 5.21 Å². The van der Waals surface area contributed by atoms with Gasteiger partial charge in [-0.15, -0.1) is 10.2 Å². The van der Waals surface area contributed by atoms with Crippen LogP contribution in [0.5, 0.6) is 0 Å². The van der Waals surface area contributed by atoms with Crippen molar-refractivity contribution >= 4 is 17.5 Å². The van der Waals surface area contributed by atoms with E-state index in [4.69, 9.17) is 5.73 Å². The Hall–Kier alpha value is -2.77. The monoisotopic (exact) mass is 246 g/mol. The van der Waals surface area contributed by atoms with Crippen molar-refractivity contribution in [2.45, 2.75) is 6.42 Å². The largest absolute Gasteiger partial charge is 0.366 e. The van der Waals surface area contributed by atoms with E-state index in [0.29, 0.717) is 17.1 Å². The Balaban J connectivity index is 1.97. The summed E-state index contributed by atoms with van der Waals surface area (Å²) in [6.45, 7) is 0. The Bertz CT molecular complexity index is 548. The lowest BCUT2D eigenvalue weighted by atomic mass is 10.2. The zero-order valence-corrected chi connectivity index (χ0v) is 9.25. The van der Waals surface area contributed by atoms with Gasteiger partial charge in [0, 0.05) is 11.3 Å². The molecule has 92 valence electrons. The molecule has 0 radical (unpaired) electrons. The Morgan fingerprint density at radius 1 is 1.28 bits per heavy atom. The van der Waals surface area contributed by atoms with Crippen molar-refractivity contribution < 1.29 is 9.59 Å². The number of aromatic amines is 1. The summed E-state index contributed by atoms with van der Waals surface area (Å²) in [5.41, 5.74) is 6.05. The fourth-order valence-corrected chi connectivity index (χ4v) is 1.32. The summed E-state index contributed by atoms with van der Waals surface area (Å²) in [5.74, 6) is -0.482. The maximum Gasteiger partial charge on any atom is 0.248 e. The average molecular weight is 246 g/mol. The highest BCUT2D eigenvalue weighted by atomic mass is 16.2. The lowest BCUT2D eigenvalue weighted by molar-refractivity contribution is -0.115. The lowest BCUT2D eigenvalue weighted by Crippen LogP contribution is -2.16. The predicted molar refractivity (Wildman–Crippen MR) is 61.5 cm³/mol. The van der Waals surface area contributed by atoms with E-state index in [9.17, 15) is 9.59 Å². The second-order valence-corrected chi connectivity index (χ2v) is 3.49. The number of primary amides is 1. The van der Waals surface area contributed by atoms with E-state index in [0.717, 1.165) is 0 Å². The van der Waals surface area contributed by atoms with Crippen molar-refractivity contribution in [3.8, 4) is 0 Å². The lowest BCUT2D eigenvalue weighted by Gasteiger charge is -2.03. The molecule has 0 saturated carbocycles. The van der Waals surface area contributed by atoms with Crippen LogP contribution in [0.4, 0.5) is 5.69 Å². The van der Waals surface area contributed by atoms with Crippen LogP contribution in [0.25, 0.3) is 0 Å². The predicted octanol–water partition coefficient (Wildman–Crippen LogP) is -0.520.